The highest BCUT2D eigenvalue weighted by molar-refractivity contribution is 4.86. The van der Waals surface area contributed by atoms with Gasteiger partial charge < -0.3 is 5.32 Å². The van der Waals surface area contributed by atoms with E-state index >= 15 is 0 Å². The molecule has 0 aromatic carbocycles. The smallest absolute Gasteiger partial charge is 0.00978 e. The van der Waals surface area contributed by atoms with Gasteiger partial charge in [-0.3, -0.25) is 0 Å². The predicted molar refractivity (Wildman–Crippen MR) is 89.0 cm³/mol. The van der Waals surface area contributed by atoms with Gasteiger partial charge in [0.2, 0.25) is 0 Å². The van der Waals surface area contributed by atoms with E-state index in [2.05, 4.69) is 33.0 Å². The van der Waals surface area contributed by atoms with Crippen LogP contribution in [-0.4, -0.2) is 12.1 Å². The molecular formula is C19H37N. The minimum absolute atomic E-state index is 0.506. The standard InChI is InChI=1S/C19H37N/c1-5-15-9-6-7-12-18(15)20-17-11-8-10-16(13-14-17)19(2,3)4/h15-18,20H,5-14H2,1-4H3. The van der Waals surface area contributed by atoms with Gasteiger partial charge in [-0.2, -0.15) is 0 Å². The molecular weight excluding hydrogens is 242 g/mol. The van der Waals surface area contributed by atoms with Gasteiger partial charge in [0.25, 0.3) is 0 Å². The van der Waals surface area contributed by atoms with E-state index < -0.39 is 0 Å². The van der Waals surface area contributed by atoms with Crippen LogP contribution in [0.4, 0.5) is 0 Å². The molecule has 0 aliphatic heterocycles. The van der Waals surface area contributed by atoms with Crippen molar-refractivity contribution in [1.82, 2.24) is 5.32 Å². The van der Waals surface area contributed by atoms with Crippen LogP contribution < -0.4 is 5.32 Å². The van der Waals surface area contributed by atoms with E-state index in [9.17, 15) is 0 Å². The molecule has 2 saturated carbocycles. The first-order valence-corrected chi connectivity index (χ1v) is 9.26. The van der Waals surface area contributed by atoms with Crippen LogP contribution in [0.5, 0.6) is 0 Å². The normalized spacial score (nSPS) is 36.6. The highest BCUT2D eigenvalue weighted by atomic mass is 15.0. The summed E-state index contributed by atoms with van der Waals surface area (Å²) in [5.74, 6) is 1.88. The van der Waals surface area contributed by atoms with E-state index in [1.165, 1.54) is 64.2 Å². The molecule has 1 nitrogen and oxygen atoms in total. The molecule has 0 amide bonds. The zero-order valence-corrected chi connectivity index (χ0v) is 14.4. The molecule has 118 valence electrons. The van der Waals surface area contributed by atoms with E-state index in [1.807, 2.05) is 0 Å². The van der Waals surface area contributed by atoms with Gasteiger partial charge in [-0.1, -0.05) is 53.4 Å². The summed E-state index contributed by atoms with van der Waals surface area (Å²) in [5, 5.41) is 4.07. The van der Waals surface area contributed by atoms with Crippen molar-refractivity contribution in [2.45, 2.75) is 104 Å². The zero-order chi connectivity index (χ0) is 14.6. The topological polar surface area (TPSA) is 12.0 Å². The first kappa shape index (κ1) is 16.3. The Morgan fingerprint density at radius 2 is 1.60 bits per heavy atom. The van der Waals surface area contributed by atoms with Crippen LogP contribution >= 0.6 is 0 Å². The van der Waals surface area contributed by atoms with Gasteiger partial charge in [-0.25, -0.2) is 0 Å². The average Bonchev–Trinajstić information content (AvgIpc) is 2.64. The van der Waals surface area contributed by atoms with Gasteiger partial charge in [-0.05, 0) is 55.8 Å². The van der Waals surface area contributed by atoms with Gasteiger partial charge in [0, 0.05) is 12.1 Å². The van der Waals surface area contributed by atoms with E-state index in [-0.39, 0.29) is 0 Å². The summed E-state index contributed by atoms with van der Waals surface area (Å²) in [5.41, 5.74) is 0.506. The molecule has 1 N–H and O–H groups in total. The largest absolute Gasteiger partial charge is 0.311 e. The molecule has 0 bridgehead atoms. The lowest BCUT2D eigenvalue weighted by Crippen LogP contribution is -2.44. The lowest BCUT2D eigenvalue weighted by atomic mass is 9.76. The molecule has 2 rings (SSSR count). The number of rotatable bonds is 3. The van der Waals surface area contributed by atoms with Gasteiger partial charge in [0.05, 0.1) is 0 Å². The molecule has 2 aliphatic carbocycles. The molecule has 0 heterocycles. The lowest BCUT2D eigenvalue weighted by Gasteiger charge is -2.35. The average molecular weight is 280 g/mol. The molecule has 0 radical (unpaired) electrons. The first-order valence-electron chi connectivity index (χ1n) is 9.26. The van der Waals surface area contributed by atoms with Gasteiger partial charge >= 0.3 is 0 Å². The fraction of sp³-hybridized carbons (Fsp3) is 1.00. The predicted octanol–water partition coefficient (Wildman–Crippen LogP) is 5.54. The Morgan fingerprint density at radius 1 is 0.850 bits per heavy atom. The van der Waals surface area contributed by atoms with E-state index in [4.69, 9.17) is 0 Å². The molecule has 4 unspecified atom stereocenters. The molecule has 0 saturated heterocycles. The SMILES string of the molecule is CCC1CCCCC1NC1CCCC(C(C)(C)C)CC1. The molecule has 1 heteroatoms. The molecule has 20 heavy (non-hydrogen) atoms. The molecule has 2 fully saturated rings. The zero-order valence-electron chi connectivity index (χ0n) is 14.4. The summed E-state index contributed by atoms with van der Waals surface area (Å²) < 4.78 is 0. The van der Waals surface area contributed by atoms with E-state index in [1.54, 1.807) is 0 Å². The number of hydrogen-bond donors (Lipinski definition) is 1. The highest BCUT2D eigenvalue weighted by Crippen LogP contribution is 2.37. The van der Waals surface area contributed by atoms with Crippen molar-refractivity contribution < 1.29 is 0 Å². The maximum atomic E-state index is 4.07. The monoisotopic (exact) mass is 279 g/mol. The third kappa shape index (κ3) is 4.48. The minimum atomic E-state index is 0.506. The van der Waals surface area contributed by atoms with Crippen LogP contribution in [0, 0.1) is 17.3 Å². The van der Waals surface area contributed by atoms with Gasteiger partial charge in [-0.15, -0.1) is 0 Å². The summed E-state index contributed by atoms with van der Waals surface area (Å²) in [4.78, 5) is 0. The second-order valence-corrected chi connectivity index (χ2v) is 8.49. The van der Waals surface area contributed by atoms with Crippen molar-refractivity contribution in [2.75, 3.05) is 0 Å². The highest BCUT2D eigenvalue weighted by Gasteiger charge is 2.30. The molecule has 0 spiro atoms. The third-order valence-electron chi connectivity index (χ3n) is 6.08. The lowest BCUT2D eigenvalue weighted by molar-refractivity contribution is 0.207. The summed E-state index contributed by atoms with van der Waals surface area (Å²) in [6.07, 6.45) is 14.3. The molecule has 4 atom stereocenters. The fourth-order valence-corrected chi connectivity index (χ4v) is 4.55. The summed E-state index contributed by atoms with van der Waals surface area (Å²) in [6.45, 7) is 9.67. The number of hydrogen-bond acceptors (Lipinski definition) is 1. The van der Waals surface area contributed by atoms with Crippen LogP contribution in [0.25, 0.3) is 0 Å². The fourth-order valence-electron chi connectivity index (χ4n) is 4.55. The third-order valence-corrected chi connectivity index (χ3v) is 6.08. The van der Waals surface area contributed by atoms with E-state index in [0.717, 1.165) is 23.9 Å². The van der Waals surface area contributed by atoms with Crippen molar-refractivity contribution in [2.24, 2.45) is 17.3 Å². The second kappa shape index (κ2) is 7.29. The van der Waals surface area contributed by atoms with Crippen molar-refractivity contribution in [3.8, 4) is 0 Å². The van der Waals surface area contributed by atoms with Crippen molar-refractivity contribution in [3.05, 3.63) is 0 Å². The van der Waals surface area contributed by atoms with E-state index in [0.29, 0.717) is 5.41 Å². The summed E-state index contributed by atoms with van der Waals surface area (Å²) in [7, 11) is 0. The Balaban J connectivity index is 1.84. The maximum absolute atomic E-state index is 4.07. The second-order valence-electron chi connectivity index (χ2n) is 8.49. The van der Waals surface area contributed by atoms with Crippen LogP contribution in [0.3, 0.4) is 0 Å². The quantitative estimate of drug-likeness (QED) is 0.669. The number of nitrogens with one attached hydrogen (secondary N) is 1. The summed E-state index contributed by atoms with van der Waals surface area (Å²) in [6, 6.07) is 1.63. The van der Waals surface area contributed by atoms with Crippen molar-refractivity contribution in [3.63, 3.8) is 0 Å². The maximum Gasteiger partial charge on any atom is 0.00978 e. The van der Waals surface area contributed by atoms with Crippen LogP contribution in [0.1, 0.15) is 91.9 Å². The Bertz CT molecular complexity index is 278. The van der Waals surface area contributed by atoms with Gasteiger partial charge in [0.15, 0.2) is 0 Å². The molecule has 0 aromatic rings. The van der Waals surface area contributed by atoms with Gasteiger partial charge in [0.1, 0.15) is 0 Å². The van der Waals surface area contributed by atoms with Crippen molar-refractivity contribution >= 4 is 0 Å². The Hall–Kier alpha value is -0.0400. The van der Waals surface area contributed by atoms with Crippen molar-refractivity contribution in [1.29, 1.82) is 0 Å². The Morgan fingerprint density at radius 3 is 2.30 bits per heavy atom. The van der Waals surface area contributed by atoms with Crippen LogP contribution in [-0.2, 0) is 0 Å². The Kier molecular flexibility index (Phi) is 5.95. The molecule has 2 aliphatic rings. The Labute approximate surface area is 127 Å². The minimum Gasteiger partial charge on any atom is -0.311 e. The van der Waals surface area contributed by atoms with Crippen LogP contribution in [0.15, 0.2) is 0 Å². The first-order chi connectivity index (χ1) is 9.50. The molecule has 0 aromatic heterocycles. The summed E-state index contributed by atoms with van der Waals surface area (Å²) >= 11 is 0. The van der Waals surface area contributed by atoms with Crippen LogP contribution in [0.2, 0.25) is 0 Å².